The highest BCUT2D eigenvalue weighted by molar-refractivity contribution is 5.76. The van der Waals surface area contributed by atoms with Crippen LogP contribution in [-0.2, 0) is 28.5 Å². The van der Waals surface area contributed by atoms with Gasteiger partial charge in [0.1, 0.15) is 25.4 Å². The first-order chi connectivity index (χ1) is 13.4. The van der Waals surface area contributed by atoms with Crippen LogP contribution in [0.2, 0.25) is 0 Å². The molecule has 3 atom stereocenters. The number of ether oxygens (including phenoxy) is 4. The van der Waals surface area contributed by atoms with E-state index in [0.717, 1.165) is 0 Å². The minimum Gasteiger partial charge on any atom is -0.462 e. The summed E-state index contributed by atoms with van der Waals surface area (Å²) in [6.45, 7) is 12.6. The minimum atomic E-state index is -0.930. The number of hydrogen-bond acceptors (Lipinski definition) is 8. The molecule has 0 spiro atoms. The maximum absolute atomic E-state index is 11.9. The Morgan fingerprint density at radius 3 is 1.59 bits per heavy atom. The molecule has 0 aromatic carbocycles. The fourth-order valence-electron chi connectivity index (χ4n) is 1.81. The van der Waals surface area contributed by atoms with E-state index in [4.69, 9.17) is 18.9 Å². The zero-order valence-electron chi connectivity index (χ0n) is 19.0. The highest BCUT2D eigenvalue weighted by Gasteiger charge is 2.28. The fourth-order valence-corrected chi connectivity index (χ4v) is 1.81. The molecule has 0 aromatic heterocycles. The lowest BCUT2D eigenvalue weighted by Gasteiger charge is -2.22. The van der Waals surface area contributed by atoms with Crippen LogP contribution in [0.4, 0.5) is 0 Å². The molecule has 2 N–H and O–H groups in total. The highest BCUT2D eigenvalue weighted by Crippen LogP contribution is 2.22. The summed E-state index contributed by atoms with van der Waals surface area (Å²) in [4.78, 5) is 23.7. The van der Waals surface area contributed by atoms with Gasteiger partial charge in [-0.05, 0) is 47.5 Å². The third-order valence-corrected chi connectivity index (χ3v) is 4.92. The monoisotopic (exact) mass is 420 g/mol. The Hall–Kier alpha value is -1.22. The summed E-state index contributed by atoms with van der Waals surface area (Å²) >= 11 is 0. The molecular formula is C21H40O8. The Labute approximate surface area is 174 Å². The molecule has 8 nitrogen and oxygen atoms in total. The summed E-state index contributed by atoms with van der Waals surface area (Å²) in [7, 11) is 0. The Kier molecular flexibility index (Phi) is 12.6. The van der Waals surface area contributed by atoms with E-state index in [2.05, 4.69) is 0 Å². The molecule has 0 rings (SSSR count). The summed E-state index contributed by atoms with van der Waals surface area (Å²) in [6, 6.07) is 0. The molecule has 29 heavy (non-hydrogen) atoms. The third kappa shape index (κ3) is 11.5. The van der Waals surface area contributed by atoms with Crippen LogP contribution >= 0.6 is 0 Å². The molecule has 0 aliphatic rings. The number of esters is 2. The molecule has 0 saturated carbocycles. The number of hydrogen-bond donors (Lipinski definition) is 2. The van der Waals surface area contributed by atoms with Crippen LogP contribution in [0.3, 0.4) is 0 Å². The second-order valence-electron chi connectivity index (χ2n) is 8.66. The summed E-state index contributed by atoms with van der Waals surface area (Å²) in [5.41, 5.74) is -1.16. The van der Waals surface area contributed by atoms with Crippen LogP contribution in [0.5, 0.6) is 0 Å². The average molecular weight is 421 g/mol. The molecule has 0 saturated heterocycles. The van der Waals surface area contributed by atoms with Crippen molar-refractivity contribution < 1.29 is 38.7 Å². The van der Waals surface area contributed by atoms with Gasteiger partial charge < -0.3 is 29.2 Å². The van der Waals surface area contributed by atoms with Crippen molar-refractivity contribution in [1.29, 1.82) is 0 Å². The van der Waals surface area contributed by atoms with E-state index in [0.29, 0.717) is 12.8 Å². The van der Waals surface area contributed by atoms with E-state index in [-0.39, 0.29) is 51.1 Å². The fraction of sp³-hybridized carbons (Fsp3) is 0.905. The van der Waals surface area contributed by atoms with E-state index < -0.39 is 23.0 Å². The van der Waals surface area contributed by atoms with Crippen molar-refractivity contribution in [2.45, 2.75) is 79.6 Å². The first-order valence-corrected chi connectivity index (χ1v) is 10.3. The molecule has 0 bridgehead atoms. The van der Waals surface area contributed by atoms with E-state index in [1.54, 1.807) is 34.6 Å². The normalized spacial score (nSPS) is 15.5. The van der Waals surface area contributed by atoms with Crippen LogP contribution in [-0.4, -0.2) is 73.5 Å². The molecule has 0 amide bonds. The van der Waals surface area contributed by atoms with Crippen molar-refractivity contribution in [2.24, 2.45) is 10.8 Å². The van der Waals surface area contributed by atoms with E-state index in [1.807, 2.05) is 13.8 Å². The molecule has 8 heteroatoms. The van der Waals surface area contributed by atoms with Crippen molar-refractivity contribution >= 4 is 11.9 Å². The molecule has 172 valence electrons. The van der Waals surface area contributed by atoms with Gasteiger partial charge in [0.05, 0.1) is 36.8 Å². The van der Waals surface area contributed by atoms with Crippen LogP contribution < -0.4 is 0 Å². The topological polar surface area (TPSA) is 112 Å². The second kappa shape index (κ2) is 13.2. The minimum absolute atomic E-state index is 0.000198. The van der Waals surface area contributed by atoms with Crippen molar-refractivity contribution in [2.75, 3.05) is 33.0 Å². The zero-order chi connectivity index (χ0) is 22.7. The standard InChI is InChI=1S/C21H40O8/c1-8-20(4,5)18(24)28-13-16(22)11-26-10-15(3)27-12-17(23)14-29-19(25)21(6,7)9-2/h15-17,22-23H,8-14H2,1-7H3. The van der Waals surface area contributed by atoms with Gasteiger partial charge in [0.25, 0.3) is 0 Å². The predicted octanol–water partition coefficient (Wildman–Crippen LogP) is 2.09. The Balaban J connectivity index is 3.94. The molecule has 3 unspecified atom stereocenters. The Bertz CT molecular complexity index is 489. The van der Waals surface area contributed by atoms with Crippen LogP contribution in [0.25, 0.3) is 0 Å². The van der Waals surface area contributed by atoms with E-state index >= 15 is 0 Å². The number of carbonyl (C=O) groups is 2. The van der Waals surface area contributed by atoms with Gasteiger partial charge in [-0.1, -0.05) is 13.8 Å². The lowest BCUT2D eigenvalue weighted by atomic mass is 9.91. The lowest BCUT2D eigenvalue weighted by molar-refractivity contribution is -0.160. The smallest absolute Gasteiger partial charge is 0.311 e. The Morgan fingerprint density at radius 1 is 0.759 bits per heavy atom. The third-order valence-electron chi connectivity index (χ3n) is 4.92. The molecule has 0 heterocycles. The zero-order valence-corrected chi connectivity index (χ0v) is 19.0. The highest BCUT2D eigenvalue weighted by atomic mass is 16.6. The summed E-state index contributed by atoms with van der Waals surface area (Å²) < 4.78 is 21.0. The van der Waals surface area contributed by atoms with Crippen molar-refractivity contribution in [3.05, 3.63) is 0 Å². The van der Waals surface area contributed by atoms with Gasteiger partial charge in [-0.3, -0.25) is 9.59 Å². The van der Waals surface area contributed by atoms with Gasteiger partial charge in [0, 0.05) is 0 Å². The van der Waals surface area contributed by atoms with Crippen LogP contribution in [0.15, 0.2) is 0 Å². The van der Waals surface area contributed by atoms with Gasteiger partial charge in [-0.2, -0.15) is 0 Å². The number of aliphatic hydroxyl groups is 2. The van der Waals surface area contributed by atoms with E-state index in [9.17, 15) is 19.8 Å². The molecule has 0 fully saturated rings. The van der Waals surface area contributed by atoms with Crippen LogP contribution in [0, 0.1) is 10.8 Å². The first kappa shape index (κ1) is 27.8. The maximum Gasteiger partial charge on any atom is 0.311 e. The number of rotatable bonds is 15. The molecular weight excluding hydrogens is 380 g/mol. The van der Waals surface area contributed by atoms with Gasteiger partial charge in [-0.25, -0.2) is 0 Å². The van der Waals surface area contributed by atoms with Gasteiger partial charge >= 0.3 is 11.9 Å². The van der Waals surface area contributed by atoms with Crippen molar-refractivity contribution in [3.8, 4) is 0 Å². The quantitative estimate of drug-likeness (QED) is 0.387. The largest absolute Gasteiger partial charge is 0.462 e. The predicted molar refractivity (Wildman–Crippen MR) is 108 cm³/mol. The first-order valence-electron chi connectivity index (χ1n) is 10.3. The van der Waals surface area contributed by atoms with E-state index in [1.165, 1.54) is 0 Å². The number of carbonyl (C=O) groups excluding carboxylic acids is 2. The summed E-state index contributed by atoms with van der Waals surface area (Å²) in [5, 5.41) is 19.7. The van der Waals surface area contributed by atoms with Crippen LogP contribution in [0.1, 0.15) is 61.3 Å². The Morgan fingerprint density at radius 2 is 1.17 bits per heavy atom. The SMILES string of the molecule is CCC(C)(C)C(=O)OCC(O)COCC(C)OCC(O)COC(=O)C(C)(C)CC. The second-order valence-corrected chi connectivity index (χ2v) is 8.66. The molecule has 0 aromatic rings. The van der Waals surface area contributed by atoms with Gasteiger partial charge in [-0.15, -0.1) is 0 Å². The molecule has 0 radical (unpaired) electrons. The van der Waals surface area contributed by atoms with Crippen molar-refractivity contribution in [1.82, 2.24) is 0 Å². The summed E-state index contributed by atoms with van der Waals surface area (Å²) in [6.07, 6.45) is -0.893. The maximum atomic E-state index is 11.9. The van der Waals surface area contributed by atoms with Crippen molar-refractivity contribution in [3.63, 3.8) is 0 Å². The average Bonchev–Trinajstić information content (AvgIpc) is 2.68. The summed E-state index contributed by atoms with van der Waals surface area (Å²) in [5.74, 6) is -0.708. The molecule has 0 aliphatic heterocycles. The van der Waals surface area contributed by atoms with Gasteiger partial charge in [0.2, 0.25) is 0 Å². The number of aliphatic hydroxyl groups excluding tert-OH is 2. The van der Waals surface area contributed by atoms with Gasteiger partial charge in [0.15, 0.2) is 0 Å². The molecule has 0 aliphatic carbocycles. The lowest BCUT2D eigenvalue weighted by Crippen LogP contribution is -2.33.